The van der Waals surface area contributed by atoms with Gasteiger partial charge in [-0.3, -0.25) is 4.79 Å². The minimum atomic E-state index is 0.251. The van der Waals surface area contributed by atoms with Crippen LogP contribution in [0, 0.1) is 5.92 Å². The van der Waals surface area contributed by atoms with Gasteiger partial charge in [-0.25, -0.2) is 0 Å². The van der Waals surface area contributed by atoms with E-state index in [2.05, 4.69) is 13.8 Å². The van der Waals surface area contributed by atoms with E-state index in [9.17, 15) is 4.79 Å². The molecule has 0 saturated heterocycles. The molecule has 0 amide bonds. The highest BCUT2D eigenvalue weighted by Crippen LogP contribution is 2.21. The third-order valence-corrected chi connectivity index (χ3v) is 2.45. The highest BCUT2D eigenvalue weighted by molar-refractivity contribution is 8.13. The lowest BCUT2D eigenvalue weighted by molar-refractivity contribution is -0.111. The second kappa shape index (κ2) is 5.07. The van der Waals surface area contributed by atoms with Gasteiger partial charge in [0.25, 0.3) is 0 Å². The predicted molar refractivity (Wildman–Crippen MR) is 56.8 cm³/mol. The van der Waals surface area contributed by atoms with E-state index in [-0.39, 0.29) is 5.12 Å². The standard InChI is InChI=1S/C11H14OS/c1-9(2)8-11(12)13-10-6-4-3-5-7-10/h3-7,9H,8H2,1-2H3. The SMILES string of the molecule is CC(C)CC(=O)Sc1ccccc1. The largest absolute Gasteiger partial charge is 0.287 e. The fourth-order valence-corrected chi connectivity index (χ4v) is 1.97. The summed E-state index contributed by atoms with van der Waals surface area (Å²) in [5.74, 6) is 0.448. The van der Waals surface area contributed by atoms with Crippen molar-refractivity contribution in [2.45, 2.75) is 25.2 Å². The van der Waals surface area contributed by atoms with Crippen molar-refractivity contribution in [1.82, 2.24) is 0 Å². The summed E-state index contributed by atoms with van der Waals surface area (Å²) in [6, 6.07) is 9.78. The first-order chi connectivity index (χ1) is 6.18. The highest BCUT2D eigenvalue weighted by atomic mass is 32.2. The Morgan fingerprint density at radius 2 is 1.92 bits per heavy atom. The number of rotatable bonds is 3. The van der Waals surface area contributed by atoms with Crippen LogP contribution in [0.3, 0.4) is 0 Å². The summed E-state index contributed by atoms with van der Waals surface area (Å²) in [6.45, 7) is 4.12. The zero-order valence-electron chi connectivity index (χ0n) is 7.99. The van der Waals surface area contributed by atoms with Gasteiger partial charge in [-0.1, -0.05) is 43.8 Å². The summed E-state index contributed by atoms with van der Waals surface area (Å²) < 4.78 is 0. The first-order valence-corrected chi connectivity index (χ1v) is 5.26. The molecule has 13 heavy (non-hydrogen) atoms. The maximum atomic E-state index is 11.4. The molecule has 1 aromatic carbocycles. The van der Waals surface area contributed by atoms with Gasteiger partial charge in [0.2, 0.25) is 0 Å². The minimum Gasteiger partial charge on any atom is -0.287 e. The van der Waals surface area contributed by atoms with Gasteiger partial charge in [-0.15, -0.1) is 0 Å². The van der Waals surface area contributed by atoms with E-state index >= 15 is 0 Å². The van der Waals surface area contributed by atoms with Crippen molar-refractivity contribution >= 4 is 16.9 Å². The Morgan fingerprint density at radius 3 is 2.46 bits per heavy atom. The Kier molecular flexibility index (Phi) is 4.03. The van der Waals surface area contributed by atoms with E-state index in [4.69, 9.17) is 0 Å². The van der Waals surface area contributed by atoms with Gasteiger partial charge in [0.15, 0.2) is 5.12 Å². The molecule has 1 aromatic rings. The van der Waals surface area contributed by atoms with Crippen molar-refractivity contribution in [1.29, 1.82) is 0 Å². The van der Waals surface area contributed by atoms with Gasteiger partial charge in [-0.05, 0) is 18.1 Å². The number of carbonyl (C=O) groups is 1. The summed E-state index contributed by atoms with van der Waals surface area (Å²) in [5, 5.41) is 0.251. The Morgan fingerprint density at radius 1 is 1.31 bits per heavy atom. The number of benzene rings is 1. The maximum absolute atomic E-state index is 11.4. The average Bonchev–Trinajstić information content (AvgIpc) is 2.04. The molecule has 0 heterocycles. The van der Waals surface area contributed by atoms with Crippen molar-refractivity contribution in [3.8, 4) is 0 Å². The van der Waals surface area contributed by atoms with Crippen LogP contribution in [0.4, 0.5) is 0 Å². The topological polar surface area (TPSA) is 17.1 Å². The van der Waals surface area contributed by atoms with Crippen LogP contribution in [0.2, 0.25) is 0 Å². The van der Waals surface area contributed by atoms with Crippen molar-refractivity contribution in [2.24, 2.45) is 5.92 Å². The number of carbonyl (C=O) groups excluding carboxylic acids is 1. The highest BCUT2D eigenvalue weighted by Gasteiger charge is 2.06. The normalized spacial score (nSPS) is 10.4. The maximum Gasteiger partial charge on any atom is 0.193 e. The van der Waals surface area contributed by atoms with Crippen LogP contribution in [0.1, 0.15) is 20.3 Å². The average molecular weight is 194 g/mol. The summed E-state index contributed by atoms with van der Waals surface area (Å²) in [6.07, 6.45) is 0.652. The molecular formula is C11H14OS. The Bertz CT molecular complexity index is 267. The van der Waals surface area contributed by atoms with Gasteiger partial charge < -0.3 is 0 Å². The molecule has 0 aliphatic rings. The molecular weight excluding hydrogens is 180 g/mol. The predicted octanol–water partition coefficient (Wildman–Crippen LogP) is 3.35. The van der Waals surface area contributed by atoms with Crippen molar-refractivity contribution in [3.63, 3.8) is 0 Å². The molecule has 70 valence electrons. The molecule has 1 rings (SSSR count). The molecule has 1 nitrogen and oxygen atoms in total. The van der Waals surface area contributed by atoms with Crippen LogP contribution in [-0.4, -0.2) is 5.12 Å². The lowest BCUT2D eigenvalue weighted by Crippen LogP contribution is -1.97. The Labute approximate surface area is 83.5 Å². The van der Waals surface area contributed by atoms with Crippen LogP contribution < -0.4 is 0 Å². The third kappa shape index (κ3) is 4.13. The smallest absolute Gasteiger partial charge is 0.193 e. The zero-order chi connectivity index (χ0) is 9.68. The van der Waals surface area contributed by atoms with E-state index in [1.807, 2.05) is 30.3 Å². The Balaban J connectivity index is 2.46. The molecule has 0 unspecified atom stereocenters. The summed E-state index contributed by atoms with van der Waals surface area (Å²) in [5.41, 5.74) is 0. The van der Waals surface area contributed by atoms with Crippen LogP contribution in [0.15, 0.2) is 35.2 Å². The molecule has 0 aliphatic heterocycles. The number of hydrogen-bond donors (Lipinski definition) is 0. The van der Waals surface area contributed by atoms with E-state index in [1.54, 1.807) is 0 Å². The van der Waals surface area contributed by atoms with Crippen LogP contribution in [-0.2, 0) is 4.79 Å². The molecule has 0 bridgehead atoms. The lowest BCUT2D eigenvalue weighted by atomic mass is 10.2. The summed E-state index contributed by atoms with van der Waals surface area (Å²) >= 11 is 1.33. The van der Waals surface area contributed by atoms with Crippen LogP contribution in [0.25, 0.3) is 0 Å². The first-order valence-electron chi connectivity index (χ1n) is 4.44. The Hall–Kier alpha value is -0.760. The van der Waals surface area contributed by atoms with E-state index in [0.717, 1.165) is 4.90 Å². The second-order valence-electron chi connectivity index (χ2n) is 3.39. The van der Waals surface area contributed by atoms with E-state index in [1.165, 1.54) is 11.8 Å². The van der Waals surface area contributed by atoms with Gasteiger partial charge >= 0.3 is 0 Å². The van der Waals surface area contributed by atoms with Gasteiger partial charge in [0, 0.05) is 11.3 Å². The zero-order valence-corrected chi connectivity index (χ0v) is 8.80. The van der Waals surface area contributed by atoms with Gasteiger partial charge in [-0.2, -0.15) is 0 Å². The molecule has 0 saturated carbocycles. The molecule has 0 N–H and O–H groups in total. The van der Waals surface area contributed by atoms with E-state index < -0.39 is 0 Å². The molecule has 0 spiro atoms. The minimum absolute atomic E-state index is 0.251. The first kappa shape index (κ1) is 10.3. The monoisotopic (exact) mass is 194 g/mol. The number of hydrogen-bond acceptors (Lipinski definition) is 2. The second-order valence-corrected chi connectivity index (χ2v) is 4.52. The van der Waals surface area contributed by atoms with Crippen LogP contribution in [0.5, 0.6) is 0 Å². The van der Waals surface area contributed by atoms with Crippen LogP contribution >= 0.6 is 11.8 Å². The fourth-order valence-electron chi connectivity index (χ4n) is 0.995. The molecule has 0 aliphatic carbocycles. The third-order valence-electron chi connectivity index (χ3n) is 1.55. The molecule has 0 fully saturated rings. The summed E-state index contributed by atoms with van der Waals surface area (Å²) in [7, 11) is 0. The molecule has 0 radical (unpaired) electrons. The fraction of sp³-hybridized carbons (Fsp3) is 0.364. The van der Waals surface area contributed by atoms with Crippen molar-refractivity contribution < 1.29 is 4.79 Å². The molecule has 0 aromatic heterocycles. The van der Waals surface area contributed by atoms with E-state index in [0.29, 0.717) is 12.3 Å². The number of thioether (sulfide) groups is 1. The lowest BCUT2D eigenvalue weighted by Gasteiger charge is -2.02. The molecule has 2 heteroatoms. The van der Waals surface area contributed by atoms with Crippen molar-refractivity contribution in [2.75, 3.05) is 0 Å². The van der Waals surface area contributed by atoms with Gasteiger partial charge in [0.05, 0.1) is 0 Å². The molecule has 0 atom stereocenters. The summed E-state index contributed by atoms with van der Waals surface area (Å²) in [4.78, 5) is 12.4. The van der Waals surface area contributed by atoms with Gasteiger partial charge in [0.1, 0.15) is 0 Å². The quantitative estimate of drug-likeness (QED) is 0.686. The van der Waals surface area contributed by atoms with Crippen molar-refractivity contribution in [3.05, 3.63) is 30.3 Å².